The molecule has 0 spiro atoms. The topological polar surface area (TPSA) is 95.0 Å². The van der Waals surface area contributed by atoms with E-state index in [0.717, 1.165) is 33.8 Å². The first kappa shape index (κ1) is 23.8. The van der Waals surface area contributed by atoms with Gasteiger partial charge in [-0.25, -0.2) is 0 Å². The summed E-state index contributed by atoms with van der Waals surface area (Å²) in [5, 5.41) is 8.42. The summed E-state index contributed by atoms with van der Waals surface area (Å²) in [6, 6.07) is 17.4. The maximum Gasteiger partial charge on any atom is 0.263 e. The van der Waals surface area contributed by atoms with Gasteiger partial charge in [0.05, 0.1) is 18.8 Å². The van der Waals surface area contributed by atoms with Gasteiger partial charge < -0.3 is 20.2 Å². The fourth-order valence-electron chi connectivity index (χ4n) is 3.38. The van der Waals surface area contributed by atoms with Gasteiger partial charge in [0.2, 0.25) is 0 Å². The number of benzene rings is 2. The lowest BCUT2D eigenvalue weighted by Gasteiger charge is -2.16. The van der Waals surface area contributed by atoms with Crippen LogP contribution in [-0.2, 0) is 22.7 Å². The second-order valence-electron chi connectivity index (χ2n) is 7.86. The monoisotopic (exact) mass is 449 g/mol. The molecule has 1 amide bonds. The summed E-state index contributed by atoms with van der Waals surface area (Å²) >= 11 is 0. The molecule has 1 heterocycles. The van der Waals surface area contributed by atoms with E-state index in [1.165, 1.54) is 0 Å². The van der Waals surface area contributed by atoms with E-state index < -0.39 is 0 Å². The number of aryl methyl sites for hydroxylation is 2. The lowest BCUT2D eigenvalue weighted by Crippen LogP contribution is -2.29. The van der Waals surface area contributed by atoms with Crippen molar-refractivity contribution < 1.29 is 14.4 Å². The minimum Gasteiger partial charge on any atom is -0.494 e. The number of hydrogen-bond donors (Lipinski definition) is 1. The molecule has 3 aromatic rings. The lowest BCUT2D eigenvalue weighted by atomic mass is 10.1. The Bertz CT molecular complexity index is 1110. The number of amides is 1. The van der Waals surface area contributed by atoms with Gasteiger partial charge in [-0.15, -0.1) is 0 Å². The summed E-state index contributed by atoms with van der Waals surface area (Å²) in [7, 11) is 1.72. The highest BCUT2D eigenvalue weighted by atomic mass is 16.6. The molecule has 2 N–H and O–H groups in total. The number of aromatic nitrogens is 2. The minimum absolute atomic E-state index is 0.195. The Labute approximate surface area is 194 Å². The molecule has 33 heavy (non-hydrogen) atoms. The van der Waals surface area contributed by atoms with Gasteiger partial charge in [0.1, 0.15) is 5.75 Å². The summed E-state index contributed by atoms with van der Waals surface area (Å²) < 4.78 is 7.38. The number of hydrogen-bond acceptors (Lipinski definition) is 5. The van der Waals surface area contributed by atoms with Crippen LogP contribution in [0, 0.1) is 13.8 Å². The summed E-state index contributed by atoms with van der Waals surface area (Å²) in [6.07, 6.45) is 0. The van der Waals surface area contributed by atoms with Crippen LogP contribution in [0.5, 0.6) is 5.75 Å². The van der Waals surface area contributed by atoms with Gasteiger partial charge in [0, 0.05) is 24.8 Å². The molecular weight excluding hydrogens is 418 g/mol. The van der Waals surface area contributed by atoms with Crippen LogP contribution < -0.4 is 10.5 Å². The first-order chi connectivity index (χ1) is 15.9. The predicted molar refractivity (Wildman–Crippen MR) is 128 cm³/mol. The van der Waals surface area contributed by atoms with Crippen LogP contribution in [0.1, 0.15) is 35.0 Å². The maximum atomic E-state index is 12.4. The van der Waals surface area contributed by atoms with Crippen molar-refractivity contribution in [1.29, 1.82) is 0 Å². The molecule has 0 radical (unpaired) electrons. The highest BCUT2D eigenvalue weighted by Crippen LogP contribution is 2.13. The molecular formula is C25H31N5O3. The second-order valence-corrected chi connectivity index (χ2v) is 7.86. The highest BCUT2D eigenvalue weighted by molar-refractivity contribution is 5.97. The summed E-state index contributed by atoms with van der Waals surface area (Å²) in [6.45, 7) is 7.45. The van der Waals surface area contributed by atoms with Crippen LogP contribution in [0.3, 0.4) is 0 Å². The van der Waals surface area contributed by atoms with Crippen molar-refractivity contribution in [1.82, 2.24) is 14.7 Å². The zero-order valence-corrected chi connectivity index (χ0v) is 19.6. The Morgan fingerprint density at radius 3 is 2.55 bits per heavy atom. The molecule has 0 bridgehead atoms. The average molecular weight is 450 g/mol. The fourth-order valence-corrected chi connectivity index (χ4v) is 3.38. The summed E-state index contributed by atoms with van der Waals surface area (Å²) in [5.41, 5.74) is 10.9. The number of likely N-dealkylation sites (N-methyl/N-ethyl adjacent to an activating group) is 1. The quantitative estimate of drug-likeness (QED) is 0.291. The van der Waals surface area contributed by atoms with Crippen molar-refractivity contribution in [3.05, 3.63) is 82.7 Å². The van der Waals surface area contributed by atoms with Gasteiger partial charge in [0.15, 0.2) is 12.4 Å². The number of amidine groups is 1. The molecule has 8 heteroatoms. The zero-order valence-electron chi connectivity index (χ0n) is 19.6. The molecule has 2 aromatic carbocycles. The van der Waals surface area contributed by atoms with Crippen molar-refractivity contribution in [3.8, 4) is 5.75 Å². The van der Waals surface area contributed by atoms with E-state index in [2.05, 4.69) is 10.3 Å². The van der Waals surface area contributed by atoms with Crippen molar-refractivity contribution in [2.24, 2.45) is 10.9 Å². The average Bonchev–Trinajstić information content (AvgIpc) is 3.11. The summed E-state index contributed by atoms with van der Waals surface area (Å²) in [4.78, 5) is 19.2. The van der Waals surface area contributed by atoms with E-state index in [0.29, 0.717) is 19.7 Å². The van der Waals surface area contributed by atoms with E-state index in [1.54, 1.807) is 11.9 Å². The third-order valence-electron chi connectivity index (χ3n) is 5.09. The van der Waals surface area contributed by atoms with Crippen LogP contribution in [0.2, 0.25) is 0 Å². The predicted octanol–water partition coefficient (Wildman–Crippen LogP) is 3.24. The maximum absolute atomic E-state index is 12.4. The molecule has 3 rings (SSSR count). The van der Waals surface area contributed by atoms with Crippen LogP contribution in [-0.4, -0.2) is 46.7 Å². The van der Waals surface area contributed by atoms with E-state index in [-0.39, 0.29) is 18.3 Å². The third kappa shape index (κ3) is 6.83. The van der Waals surface area contributed by atoms with Crippen LogP contribution in [0.15, 0.2) is 59.8 Å². The fraction of sp³-hybridized carbons (Fsp3) is 0.320. The number of carbonyl (C=O) groups excluding carboxylic acids is 1. The largest absolute Gasteiger partial charge is 0.494 e. The Hall–Kier alpha value is -3.81. The van der Waals surface area contributed by atoms with Crippen LogP contribution in [0.4, 0.5) is 0 Å². The van der Waals surface area contributed by atoms with E-state index in [9.17, 15) is 4.79 Å². The molecule has 0 atom stereocenters. The molecule has 1 aromatic heterocycles. The van der Waals surface area contributed by atoms with Crippen LogP contribution in [0.25, 0.3) is 0 Å². The first-order valence-electron chi connectivity index (χ1n) is 10.9. The highest BCUT2D eigenvalue weighted by Gasteiger charge is 2.11. The molecule has 0 fully saturated rings. The van der Waals surface area contributed by atoms with Crippen molar-refractivity contribution in [2.75, 3.05) is 20.3 Å². The van der Waals surface area contributed by atoms with E-state index >= 15 is 0 Å². The van der Waals surface area contributed by atoms with Crippen LogP contribution >= 0.6 is 0 Å². The number of ether oxygens (including phenoxy) is 1. The molecule has 0 saturated heterocycles. The van der Waals surface area contributed by atoms with Gasteiger partial charge in [-0.05, 0) is 56.2 Å². The summed E-state index contributed by atoms with van der Waals surface area (Å²) in [5.74, 6) is 0.827. The van der Waals surface area contributed by atoms with Gasteiger partial charge >= 0.3 is 0 Å². The third-order valence-corrected chi connectivity index (χ3v) is 5.09. The molecule has 0 aliphatic rings. The number of rotatable bonds is 10. The Morgan fingerprint density at radius 2 is 1.88 bits per heavy atom. The number of nitrogens with two attached hydrogens (primary N) is 1. The molecule has 0 aliphatic heterocycles. The normalized spacial score (nSPS) is 11.3. The van der Waals surface area contributed by atoms with Gasteiger partial charge in [-0.1, -0.05) is 35.5 Å². The molecule has 8 nitrogen and oxygen atoms in total. The van der Waals surface area contributed by atoms with Gasteiger partial charge in [-0.2, -0.15) is 5.10 Å². The van der Waals surface area contributed by atoms with Gasteiger partial charge in [0.25, 0.3) is 5.91 Å². The van der Waals surface area contributed by atoms with E-state index in [4.69, 9.17) is 15.3 Å². The van der Waals surface area contributed by atoms with Crippen molar-refractivity contribution >= 4 is 11.7 Å². The Kier molecular flexibility index (Phi) is 8.07. The Balaban J connectivity index is 1.53. The second kappa shape index (κ2) is 11.2. The Morgan fingerprint density at radius 1 is 1.12 bits per heavy atom. The number of oxime groups is 1. The molecule has 0 saturated carbocycles. The lowest BCUT2D eigenvalue weighted by molar-refractivity contribution is -0.135. The number of nitrogens with zero attached hydrogens (tertiary/aromatic N) is 4. The smallest absolute Gasteiger partial charge is 0.263 e. The molecule has 0 unspecified atom stereocenters. The molecule has 0 aliphatic carbocycles. The van der Waals surface area contributed by atoms with Crippen molar-refractivity contribution in [2.45, 2.75) is 33.9 Å². The standard InChI is InChI=1S/C25H31N5O3/c1-5-32-23-11-9-20(10-12-23)15-29(4)24(31)17-33-28-25(26)22-8-6-7-21(14-22)16-30-19(3)13-18(2)27-30/h6-14H,5,15-17H2,1-4H3,(H2,26,28). The SMILES string of the molecule is CCOc1ccc(CN(C)C(=O)CO/N=C(/N)c2cccc(Cn3nc(C)cc3C)c2)cc1. The number of carbonyl (C=O) groups is 1. The minimum atomic E-state index is -0.196. The zero-order chi connectivity index (χ0) is 23.8. The van der Waals surface area contributed by atoms with Crippen molar-refractivity contribution in [3.63, 3.8) is 0 Å². The van der Waals surface area contributed by atoms with Gasteiger partial charge in [-0.3, -0.25) is 9.48 Å². The molecule has 174 valence electrons. The van der Waals surface area contributed by atoms with E-state index in [1.807, 2.05) is 80.1 Å². The first-order valence-corrected chi connectivity index (χ1v) is 10.9.